The van der Waals surface area contributed by atoms with Gasteiger partial charge in [0.2, 0.25) is 0 Å². The van der Waals surface area contributed by atoms with E-state index in [1.807, 2.05) is 42.3 Å². The van der Waals surface area contributed by atoms with Gasteiger partial charge in [0, 0.05) is 45.4 Å². The van der Waals surface area contributed by atoms with Crippen molar-refractivity contribution in [2.24, 2.45) is 7.05 Å². The summed E-state index contributed by atoms with van der Waals surface area (Å²) in [6.45, 7) is 2.98. The number of hydrogen-bond donors (Lipinski definition) is 1. The Labute approximate surface area is 125 Å². The fraction of sp³-hybridized carbons (Fsp3) is 0.438. The Morgan fingerprint density at radius 2 is 2.10 bits per heavy atom. The molecule has 0 saturated carbocycles. The van der Waals surface area contributed by atoms with E-state index in [0.29, 0.717) is 13.2 Å². The van der Waals surface area contributed by atoms with E-state index in [4.69, 9.17) is 9.47 Å². The first kappa shape index (κ1) is 15.5. The van der Waals surface area contributed by atoms with Gasteiger partial charge in [0.25, 0.3) is 0 Å². The normalized spacial score (nSPS) is 10.8. The lowest BCUT2D eigenvalue weighted by Crippen LogP contribution is -2.19. The molecule has 0 aliphatic carbocycles. The molecule has 2 rings (SSSR count). The third-order valence-electron chi connectivity index (χ3n) is 3.18. The Morgan fingerprint density at radius 1 is 1.24 bits per heavy atom. The Bertz CT molecular complexity index is 540. The highest BCUT2D eigenvalue weighted by molar-refractivity contribution is 5.33. The van der Waals surface area contributed by atoms with Crippen molar-refractivity contribution >= 4 is 0 Å². The smallest absolute Gasteiger partial charge is 0.123 e. The van der Waals surface area contributed by atoms with Crippen LogP contribution in [-0.2, 0) is 24.8 Å². The lowest BCUT2D eigenvalue weighted by molar-refractivity contribution is 0.199. The maximum absolute atomic E-state index is 5.90. The van der Waals surface area contributed by atoms with Gasteiger partial charge in [0.1, 0.15) is 5.75 Å². The summed E-state index contributed by atoms with van der Waals surface area (Å²) in [7, 11) is 3.63. The lowest BCUT2D eigenvalue weighted by Gasteiger charge is -2.11. The second-order valence-electron chi connectivity index (χ2n) is 4.90. The highest BCUT2D eigenvalue weighted by Gasteiger charge is 2.03. The number of methoxy groups -OCH3 is 1. The van der Waals surface area contributed by atoms with Crippen LogP contribution in [0.4, 0.5) is 0 Å². The summed E-state index contributed by atoms with van der Waals surface area (Å²) in [6, 6.07) is 8.12. The van der Waals surface area contributed by atoms with Gasteiger partial charge in [0.05, 0.1) is 19.4 Å². The number of aromatic nitrogens is 2. The van der Waals surface area contributed by atoms with Gasteiger partial charge in [-0.05, 0) is 11.6 Å². The molecule has 2 aromatic rings. The zero-order valence-electron chi connectivity index (χ0n) is 12.7. The van der Waals surface area contributed by atoms with E-state index in [1.54, 1.807) is 7.11 Å². The van der Waals surface area contributed by atoms with E-state index in [0.717, 1.165) is 25.3 Å². The van der Waals surface area contributed by atoms with Gasteiger partial charge in [-0.1, -0.05) is 18.2 Å². The first-order valence-corrected chi connectivity index (χ1v) is 7.17. The van der Waals surface area contributed by atoms with Crippen molar-refractivity contribution in [2.45, 2.75) is 13.0 Å². The number of hydrogen-bond acceptors (Lipinski definition) is 4. The van der Waals surface area contributed by atoms with E-state index in [-0.39, 0.29) is 0 Å². The molecule has 1 aromatic heterocycles. The molecule has 0 amide bonds. The summed E-state index contributed by atoms with van der Waals surface area (Å²) < 4.78 is 12.7. The molecule has 1 N–H and O–H groups in total. The van der Waals surface area contributed by atoms with Crippen LogP contribution in [0.5, 0.6) is 5.75 Å². The molecule has 114 valence electrons. The van der Waals surface area contributed by atoms with Crippen LogP contribution in [0.3, 0.4) is 0 Å². The van der Waals surface area contributed by atoms with E-state index >= 15 is 0 Å². The van der Waals surface area contributed by atoms with Crippen molar-refractivity contribution in [2.75, 3.05) is 26.9 Å². The van der Waals surface area contributed by atoms with Crippen LogP contribution in [0.1, 0.15) is 11.1 Å². The molecular weight excluding hydrogens is 266 g/mol. The summed E-state index contributed by atoms with van der Waals surface area (Å²) in [5.74, 6) is 0.936. The van der Waals surface area contributed by atoms with Gasteiger partial charge < -0.3 is 14.8 Å². The summed E-state index contributed by atoms with van der Waals surface area (Å²) in [6.07, 6.45) is 4.75. The molecule has 0 unspecified atom stereocenters. The van der Waals surface area contributed by atoms with Crippen LogP contribution in [0.25, 0.3) is 0 Å². The van der Waals surface area contributed by atoms with E-state index in [2.05, 4.69) is 16.5 Å². The number of nitrogens with one attached hydrogen (secondary N) is 1. The third kappa shape index (κ3) is 5.21. The Kier molecular flexibility index (Phi) is 6.24. The van der Waals surface area contributed by atoms with Crippen molar-refractivity contribution in [1.29, 1.82) is 0 Å². The molecule has 0 spiro atoms. The molecule has 1 heterocycles. The maximum Gasteiger partial charge on any atom is 0.123 e. The number of benzene rings is 1. The van der Waals surface area contributed by atoms with Crippen LogP contribution in [0, 0.1) is 0 Å². The van der Waals surface area contributed by atoms with E-state index < -0.39 is 0 Å². The molecule has 1 aromatic carbocycles. The van der Waals surface area contributed by atoms with Crippen LogP contribution in [-0.4, -0.2) is 36.6 Å². The first-order chi connectivity index (χ1) is 10.3. The van der Waals surface area contributed by atoms with Gasteiger partial charge in [0.15, 0.2) is 0 Å². The molecule has 0 atom stereocenters. The molecule has 0 aliphatic rings. The first-order valence-electron chi connectivity index (χ1n) is 7.17. The summed E-state index contributed by atoms with van der Waals surface area (Å²) in [4.78, 5) is 0. The zero-order chi connectivity index (χ0) is 14.9. The van der Waals surface area contributed by atoms with Crippen LogP contribution < -0.4 is 10.1 Å². The minimum atomic E-state index is 0.654. The quantitative estimate of drug-likeness (QED) is 0.715. The van der Waals surface area contributed by atoms with Crippen LogP contribution in [0.2, 0.25) is 0 Å². The van der Waals surface area contributed by atoms with Crippen molar-refractivity contribution < 1.29 is 9.47 Å². The number of rotatable bonds is 9. The minimum absolute atomic E-state index is 0.654. The van der Waals surface area contributed by atoms with Gasteiger partial charge in [-0.2, -0.15) is 5.10 Å². The Morgan fingerprint density at radius 3 is 2.86 bits per heavy atom. The predicted molar refractivity (Wildman–Crippen MR) is 82.4 cm³/mol. The van der Waals surface area contributed by atoms with E-state index in [1.165, 1.54) is 11.1 Å². The average molecular weight is 289 g/mol. The largest absolute Gasteiger partial charge is 0.493 e. The zero-order valence-corrected chi connectivity index (χ0v) is 12.7. The fourth-order valence-corrected chi connectivity index (χ4v) is 2.07. The molecule has 5 nitrogen and oxygen atoms in total. The topological polar surface area (TPSA) is 48.3 Å². The van der Waals surface area contributed by atoms with Gasteiger partial charge in [-0.3, -0.25) is 4.68 Å². The number of para-hydroxylation sites is 1. The molecular formula is C16H23N3O2. The maximum atomic E-state index is 5.90. The Hall–Kier alpha value is -1.85. The van der Waals surface area contributed by atoms with Crippen LogP contribution >= 0.6 is 0 Å². The number of ether oxygens (including phenoxy) is 2. The summed E-state index contributed by atoms with van der Waals surface area (Å²) >= 11 is 0. The summed E-state index contributed by atoms with van der Waals surface area (Å²) in [5.41, 5.74) is 2.35. The van der Waals surface area contributed by atoms with Crippen molar-refractivity contribution in [1.82, 2.24) is 15.1 Å². The molecule has 5 heteroatoms. The monoisotopic (exact) mass is 289 g/mol. The molecule has 0 fully saturated rings. The third-order valence-corrected chi connectivity index (χ3v) is 3.18. The van der Waals surface area contributed by atoms with Crippen molar-refractivity contribution in [3.8, 4) is 5.75 Å². The minimum Gasteiger partial charge on any atom is -0.493 e. The molecule has 0 radical (unpaired) electrons. The highest BCUT2D eigenvalue weighted by Crippen LogP contribution is 2.18. The standard InChI is InChI=1S/C16H23N3O2/c1-19-13-14(11-18-19)7-9-21-16-6-4-3-5-15(16)12-17-8-10-20-2/h3-6,11,13,17H,7-10,12H2,1-2H3. The second kappa shape index (κ2) is 8.44. The Balaban J connectivity index is 1.81. The molecule has 0 saturated heterocycles. The van der Waals surface area contributed by atoms with Crippen molar-refractivity contribution in [3.05, 3.63) is 47.8 Å². The van der Waals surface area contributed by atoms with Gasteiger partial charge in [-0.15, -0.1) is 0 Å². The highest BCUT2D eigenvalue weighted by atomic mass is 16.5. The second-order valence-corrected chi connectivity index (χ2v) is 4.90. The molecule has 21 heavy (non-hydrogen) atoms. The summed E-state index contributed by atoms with van der Waals surface area (Å²) in [5, 5.41) is 7.49. The van der Waals surface area contributed by atoms with Crippen LogP contribution in [0.15, 0.2) is 36.7 Å². The average Bonchev–Trinajstić information content (AvgIpc) is 2.91. The van der Waals surface area contributed by atoms with Crippen molar-refractivity contribution in [3.63, 3.8) is 0 Å². The van der Waals surface area contributed by atoms with Gasteiger partial charge in [-0.25, -0.2) is 0 Å². The SMILES string of the molecule is COCCNCc1ccccc1OCCc1cnn(C)c1. The molecule has 0 bridgehead atoms. The number of nitrogens with zero attached hydrogens (tertiary/aromatic N) is 2. The molecule has 0 aliphatic heterocycles. The fourth-order valence-electron chi connectivity index (χ4n) is 2.07. The van der Waals surface area contributed by atoms with Gasteiger partial charge >= 0.3 is 0 Å². The number of aryl methyl sites for hydroxylation is 1. The predicted octanol–water partition coefficient (Wildman–Crippen LogP) is 1.78. The van der Waals surface area contributed by atoms with E-state index in [9.17, 15) is 0 Å². The lowest BCUT2D eigenvalue weighted by atomic mass is 10.2.